The van der Waals surface area contributed by atoms with Gasteiger partial charge in [-0.1, -0.05) is 48.5 Å². The molecule has 1 heterocycles. The van der Waals surface area contributed by atoms with Crippen LogP contribution < -0.4 is 10.5 Å². The van der Waals surface area contributed by atoms with Gasteiger partial charge in [-0.3, -0.25) is 4.72 Å². The molecular weight excluding hydrogens is 364 g/mol. The van der Waals surface area contributed by atoms with Crippen molar-refractivity contribution in [2.45, 2.75) is 25.6 Å². The molecule has 3 N–H and O–H groups in total. The summed E-state index contributed by atoms with van der Waals surface area (Å²) < 4.78 is 27.0. The molecule has 0 bridgehead atoms. The molecule has 0 spiro atoms. The summed E-state index contributed by atoms with van der Waals surface area (Å²) in [5.74, 6) is 0. The Balaban J connectivity index is 1.92. The zero-order chi connectivity index (χ0) is 18.7. The predicted octanol–water partition coefficient (Wildman–Crippen LogP) is 4.69. The first kappa shape index (κ1) is 18.6. The smallest absolute Gasteiger partial charge is 0.235 e. The van der Waals surface area contributed by atoms with E-state index in [-0.39, 0.29) is 0 Å². The standard InChI is InChI=1S/C20H22N2O2S2/c1-14(2)26(23,24)22-19-11-12-25-20(19)16-9-7-15(8-10-16)18-6-4-3-5-17(18)13-21/h3-12,14,22H,13,21H2,1-2H3. The topological polar surface area (TPSA) is 72.2 Å². The average molecular weight is 387 g/mol. The van der Waals surface area contributed by atoms with E-state index >= 15 is 0 Å². The predicted molar refractivity (Wildman–Crippen MR) is 111 cm³/mol. The van der Waals surface area contributed by atoms with Crippen LogP contribution in [0.5, 0.6) is 0 Å². The second kappa shape index (κ2) is 7.61. The molecule has 0 fully saturated rings. The maximum absolute atomic E-state index is 12.2. The Morgan fingerprint density at radius 1 is 1.00 bits per heavy atom. The summed E-state index contributed by atoms with van der Waals surface area (Å²) in [5, 5.41) is 1.41. The number of benzene rings is 2. The van der Waals surface area contributed by atoms with Crippen molar-refractivity contribution < 1.29 is 8.42 Å². The number of sulfonamides is 1. The third-order valence-electron chi connectivity index (χ3n) is 4.23. The molecule has 0 aliphatic rings. The number of hydrogen-bond acceptors (Lipinski definition) is 4. The molecule has 0 saturated heterocycles. The van der Waals surface area contributed by atoms with Crippen LogP contribution in [0, 0.1) is 0 Å². The Hall–Kier alpha value is -2.15. The Kier molecular flexibility index (Phi) is 5.46. The van der Waals surface area contributed by atoms with Crippen LogP contribution in [0.15, 0.2) is 60.0 Å². The minimum atomic E-state index is -3.37. The lowest BCUT2D eigenvalue weighted by molar-refractivity contribution is 0.593. The molecule has 3 rings (SSSR count). The number of rotatable bonds is 6. The molecule has 4 nitrogen and oxygen atoms in total. The second-order valence-corrected chi connectivity index (χ2v) is 9.45. The Morgan fingerprint density at radius 3 is 2.31 bits per heavy atom. The van der Waals surface area contributed by atoms with Crippen LogP contribution in [0.2, 0.25) is 0 Å². The molecule has 1 aromatic heterocycles. The summed E-state index contributed by atoms with van der Waals surface area (Å²) in [6.07, 6.45) is 0. The maximum Gasteiger partial charge on any atom is 0.235 e. The fraction of sp³-hybridized carbons (Fsp3) is 0.200. The highest BCUT2D eigenvalue weighted by Crippen LogP contribution is 2.36. The minimum absolute atomic E-state index is 0.481. The van der Waals surface area contributed by atoms with Gasteiger partial charge in [0.25, 0.3) is 0 Å². The molecule has 0 aliphatic heterocycles. The molecule has 136 valence electrons. The van der Waals surface area contributed by atoms with E-state index in [0.717, 1.165) is 27.1 Å². The molecule has 6 heteroatoms. The molecular formula is C20H22N2O2S2. The van der Waals surface area contributed by atoms with Crippen LogP contribution in [0.4, 0.5) is 5.69 Å². The number of thiophene rings is 1. The van der Waals surface area contributed by atoms with Crippen molar-refractivity contribution in [3.8, 4) is 21.6 Å². The van der Waals surface area contributed by atoms with Crippen LogP contribution >= 0.6 is 11.3 Å². The summed E-state index contributed by atoms with van der Waals surface area (Å²) in [7, 11) is -3.37. The quantitative estimate of drug-likeness (QED) is 0.645. The fourth-order valence-corrected chi connectivity index (χ4v) is 4.30. The van der Waals surface area contributed by atoms with Gasteiger partial charge in [-0.2, -0.15) is 0 Å². The third-order valence-corrected chi connectivity index (χ3v) is 6.94. The maximum atomic E-state index is 12.2. The Labute approximate surface area is 158 Å². The van der Waals surface area contributed by atoms with Gasteiger partial charge >= 0.3 is 0 Å². The van der Waals surface area contributed by atoms with Gasteiger partial charge in [-0.15, -0.1) is 11.3 Å². The van der Waals surface area contributed by atoms with E-state index in [2.05, 4.69) is 10.8 Å². The molecule has 0 unspecified atom stereocenters. The lowest BCUT2D eigenvalue weighted by atomic mass is 9.98. The van der Waals surface area contributed by atoms with E-state index in [1.807, 2.05) is 47.8 Å². The van der Waals surface area contributed by atoms with Crippen molar-refractivity contribution in [2.24, 2.45) is 5.73 Å². The molecule has 0 amide bonds. The zero-order valence-electron chi connectivity index (χ0n) is 14.8. The van der Waals surface area contributed by atoms with Gasteiger partial charge < -0.3 is 5.73 Å². The van der Waals surface area contributed by atoms with Crippen molar-refractivity contribution in [2.75, 3.05) is 4.72 Å². The van der Waals surface area contributed by atoms with Crippen LogP contribution in [-0.2, 0) is 16.6 Å². The lowest BCUT2D eigenvalue weighted by Gasteiger charge is -2.12. The number of nitrogens with two attached hydrogens (primary N) is 1. The SMILES string of the molecule is CC(C)S(=O)(=O)Nc1ccsc1-c1ccc(-c2ccccc2CN)cc1. The highest BCUT2D eigenvalue weighted by Gasteiger charge is 2.18. The van der Waals surface area contributed by atoms with Crippen LogP contribution in [-0.4, -0.2) is 13.7 Å². The largest absolute Gasteiger partial charge is 0.326 e. The van der Waals surface area contributed by atoms with E-state index in [1.54, 1.807) is 19.9 Å². The molecule has 0 saturated carbocycles. The second-order valence-electron chi connectivity index (χ2n) is 6.30. The minimum Gasteiger partial charge on any atom is -0.326 e. The Bertz CT molecular complexity index is 991. The van der Waals surface area contributed by atoms with Gasteiger partial charge in [0, 0.05) is 6.54 Å². The van der Waals surface area contributed by atoms with Gasteiger partial charge in [-0.05, 0) is 47.5 Å². The average Bonchev–Trinajstić information content (AvgIpc) is 3.09. The van der Waals surface area contributed by atoms with Crippen LogP contribution in [0.25, 0.3) is 21.6 Å². The van der Waals surface area contributed by atoms with Crippen molar-refractivity contribution in [3.63, 3.8) is 0 Å². The molecule has 0 atom stereocenters. The van der Waals surface area contributed by atoms with E-state index in [1.165, 1.54) is 11.3 Å². The summed E-state index contributed by atoms with van der Waals surface area (Å²) in [6.45, 7) is 3.82. The van der Waals surface area contributed by atoms with E-state index < -0.39 is 15.3 Å². The van der Waals surface area contributed by atoms with E-state index in [9.17, 15) is 8.42 Å². The Morgan fingerprint density at radius 2 is 1.65 bits per heavy atom. The van der Waals surface area contributed by atoms with Gasteiger partial charge in [0.15, 0.2) is 0 Å². The zero-order valence-corrected chi connectivity index (χ0v) is 16.4. The highest BCUT2D eigenvalue weighted by atomic mass is 32.2. The van der Waals surface area contributed by atoms with Crippen molar-refractivity contribution >= 4 is 27.0 Å². The van der Waals surface area contributed by atoms with Gasteiger partial charge in [-0.25, -0.2) is 8.42 Å². The van der Waals surface area contributed by atoms with Gasteiger partial charge in [0.05, 0.1) is 15.8 Å². The summed E-state index contributed by atoms with van der Waals surface area (Å²) in [5.41, 5.74) is 10.8. The summed E-state index contributed by atoms with van der Waals surface area (Å²) in [4.78, 5) is 0.910. The molecule has 0 aliphatic carbocycles. The van der Waals surface area contributed by atoms with Crippen molar-refractivity contribution in [3.05, 3.63) is 65.5 Å². The number of anilines is 1. The number of hydrogen-bond donors (Lipinski definition) is 2. The molecule has 26 heavy (non-hydrogen) atoms. The van der Waals surface area contributed by atoms with Crippen LogP contribution in [0.3, 0.4) is 0 Å². The molecule has 0 radical (unpaired) electrons. The molecule has 3 aromatic rings. The summed E-state index contributed by atoms with van der Waals surface area (Å²) >= 11 is 1.52. The first-order valence-electron chi connectivity index (χ1n) is 8.40. The molecule has 2 aromatic carbocycles. The van der Waals surface area contributed by atoms with E-state index in [0.29, 0.717) is 12.2 Å². The lowest BCUT2D eigenvalue weighted by Crippen LogP contribution is -2.22. The summed E-state index contributed by atoms with van der Waals surface area (Å²) in [6, 6.07) is 18.0. The first-order chi connectivity index (χ1) is 12.4. The fourth-order valence-electron chi connectivity index (χ4n) is 2.67. The first-order valence-corrected chi connectivity index (χ1v) is 10.8. The van der Waals surface area contributed by atoms with Crippen molar-refractivity contribution in [1.29, 1.82) is 0 Å². The number of nitrogens with one attached hydrogen (secondary N) is 1. The highest BCUT2D eigenvalue weighted by molar-refractivity contribution is 7.93. The van der Waals surface area contributed by atoms with Crippen molar-refractivity contribution in [1.82, 2.24) is 0 Å². The van der Waals surface area contributed by atoms with Gasteiger partial charge in [0.1, 0.15) is 0 Å². The van der Waals surface area contributed by atoms with Crippen LogP contribution in [0.1, 0.15) is 19.4 Å². The normalized spacial score (nSPS) is 11.7. The van der Waals surface area contributed by atoms with E-state index in [4.69, 9.17) is 5.73 Å². The monoisotopic (exact) mass is 386 g/mol. The third kappa shape index (κ3) is 3.82. The van der Waals surface area contributed by atoms with Gasteiger partial charge in [0.2, 0.25) is 10.0 Å².